The number of nitrogens with zero attached hydrogens (tertiary/aromatic N) is 2. The minimum Gasteiger partial charge on any atom is -0.339 e. The quantitative estimate of drug-likeness (QED) is 0.0991. The van der Waals surface area contributed by atoms with Gasteiger partial charge in [-0.05, 0) is 77.4 Å². The number of Topliss-reactive ketones (excluding diaryl/α,β-unsaturated/α-hetero) is 1. The zero-order chi connectivity index (χ0) is 34.0. The number of rotatable bonds is 11. The van der Waals surface area contributed by atoms with Crippen LogP contribution in [0.15, 0.2) is 149 Å². The van der Waals surface area contributed by atoms with Crippen molar-refractivity contribution in [2.45, 2.75) is 34.8 Å². The third kappa shape index (κ3) is 6.64. The Morgan fingerprint density at radius 3 is 2.24 bits per heavy atom. The van der Waals surface area contributed by atoms with Gasteiger partial charge in [-0.1, -0.05) is 91.0 Å². The summed E-state index contributed by atoms with van der Waals surface area (Å²) in [6, 6.07) is 47.5. The molecule has 0 radical (unpaired) electrons. The molecule has 50 heavy (non-hydrogen) atoms. The second kappa shape index (κ2) is 14.1. The molecule has 0 atom stereocenters. The second-order valence-corrected chi connectivity index (χ2v) is 15.4. The zero-order valence-corrected chi connectivity index (χ0v) is 29.8. The first kappa shape index (κ1) is 32.3. The fourth-order valence-corrected chi connectivity index (χ4v) is 9.23. The first-order valence-corrected chi connectivity index (χ1v) is 19.2. The van der Waals surface area contributed by atoms with E-state index < -0.39 is 0 Å². The van der Waals surface area contributed by atoms with Gasteiger partial charge >= 0.3 is 0 Å². The lowest BCUT2D eigenvalue weighted by molar-refractivity contribution is 0.101. The molecule has 0 unspecified atom stereocenters. The number of benzene rings is 6. The highest BCUT2D eigenvalue weighted by molar-refractivity contribution is 7.98. The fourth-order valence-electron chi connectivity index (χ4n) is 6.44. The van der Waals surface area contributed by atoms with Crippen LogP contribution in [-0.4, -0.2) is 21.1 Å². The van der Waals surface area contributed by atoms with Gasteiger partial charge in [0.05, 0.1) is 10.2 Å². The standard InChI is InChI=1S/C43H32N2O2S3/c1-28(46)41-36-24-35(48-26-29-10-3-2-4-11-29)20-21-38(36)45(39(41)27-49-34-19-18-31-13-5-6-14-32(31)23-34)25-30-12-9-15-33(22-30)42(47)43-44-37-16-7-8-17-40(37)50-43/h2-24H,25-27H2,1H3. The third-order valence-corrected chi connectivity index (χ3v) is 12.0. The summed E-state index contributed by atoms with van der Waals surface area (Å²) < 4.78 is 3.27. The Morgan fingerprint density at radius 1 is 0.680 bits per heavy atom. The van der Waals surface area contributed by atoms with Crippen molar-refractivity contribution in [2.24, 2.45) is 0 Å². The van der Waals surface area contributed by atoms with Gasteiger partial charge in [0.2, 0.25) is 5.78 Å². The summed E-state index contributed by atoms with van der Waals surface area (Å²) in [6.07, 6.45) is 0. The van der Waals surface area contributed by atoms with Crippen LogP contribution in [0.2, 0.25) is 0 Å². The average molecular weight is 705 g/mol. The molecule has 0 fully saturated rings. The van der Waals surface area contributed by atoms with Gasteiger partial charge in [-0.3, -0.25) is 9.59 Å². The number of thioether (sulfide) groups is 2. The second-order valence-electron chi connectivity index (χ2n) is 12.2. The van der Waals surface area contributed by atoms with Gasteiger partial charge < -0.3 is 4.57 Å². The predicted octanol–water partition coefficient (Wildman–Crippen LogP) is 11.5. The van der Waals surface area contributed by atoms with Crippen molar-refractivity contribution in [3.8, 4) is 0 Å². The molecule has 8 rings (SSSR count). The average Bonchev–Trinajstić information content (AvgIpc) is 3.72. The van der Waals surface area contributed by atoms with E-state index in [9.17, 15) is 9.59 Å². The van der Waals surface area contributed by atoms with Crippen molar-refractivity contribution in [2.75, 3.05) is 0 Å². The number of hydrogen-bond donors (Lipinski definition) is 0. The summed E-state index contributed by atoms with van der Waals surface area (Å²) in [5.41, 5.74) is 6.45. The maximum atomic E-state index is 13.6. The lowest BCUT2D eigenvalue weighted by Gasteiger charge is -2.13. The Hall–Kier alpha value is -4.95. The molecular weight excluding hydrogens is 673 g/mol. The van der Waals surface area contributed by atoms with E-state index in [1.807, 2.05) is 48.5 Å². The lowest BCUT2D eigenvalue weighted by atomic mass is 10.1. The van der Waals surface area contributed by atoms with E-state index in [1.54, 1.807) is 30.4 Å². The van der Waals surface area contributed by atoms with Gasteiger partial charge in [-0.2, -0.15) is 0 Å². The number of thiazole rings is 1. The van der Waals surface area contributed by atoms with E-state index in [0.717, 1.165) is 53.5 Å². The van der Waals surface area contributed by atoms with Gasteiger partial charge in [0, 0.05) is 55.6 Å². The highest BCUT2D eigenvalue weighted by atomic mass is 32.2. The van der Waals surface area contributed by atoms with Crippen LogP contribution in [-0.2, 0) is 18.1 Å². The molecule has 0 spiro atoms. The first-order valence-electron chi connectivity index (χ1n) is 16.4. The third-order valence-electron chi connectivity index (χ3n) is 8.86. The molecule has 8 aromatic rings. The molecule has 0 aliphatic rings. The van der Waals surface area contributed by atoms with E-state index in [4.69, 9.17) is 0 Å². The minimum atomic E-state index is -0.0815. The lowest BCUT2D eigenvalue weighted by Crippen LogP contribution is -2.08. The summed E-state index contributed by atoms with van der Waals surface area (Å²) in [5.74, 6) is 1.44. The predicted molar refractivity (Wildman–Crippen MR) is 210 cm³/mol. The number of carbonyl (C=O) groups excluding carboxylic acids is 2. The normalized spacial score (nSPS) is 11.5. The molecule has 0 saturated carbocycles. The van der Waals surface area contributed by atoms with E-state index in [0.29, 0.717) is 22.9 Å². The van der Waals surface area contributed by atoms with E-state index in [-0.39, 0.29) is 11.6 Å². The number of hydrogen-bond acceptors (Lipinski definition) is 6. The number of ketones is 2. The number of fused-ring (bicyclic) bond motifs is 3. The maximum absolute atomic E-state index is 13.6. The SMILES string of the molecule is CC(=O)c1c(CSc2ccc3ccccc3c2)n(Cc2cccc(C(=O)c3nc4ccccc4s3)c2)c2ccc(SCc3ccccc3)cc12. The first-order chi connectivity index (χ1) is 24.5. The highest BCUT2D eigenvalue weighted by Gasteiger charge is 2.22. The molecule has 0 saturated heterocycles. The molecule has 6 aromatic carbocycles. The molecule has 0 bridgehead atoms. The van der Waals surface area contributed by atoms with Crippen molar-refractivity contribution in [3.05, 3.63) is 172 Å². The van der Waals surface area contributed by atoms with Crippen LogP contribution in [0.1, 0.15) is 49.5 Å². The number of carbonyl (C=O) groups is 2. The Labute approximate surface area is 303 Å². The molecule has 7 heteroatoms. The summed E-state index contributed by atoms with van der Waals surface area (Å²) in [5, 5.41) is 3.85. The highest BCUT2D eigenvalue weighted by Crippen LogP contribution is 2.36. The molecule has 0 aliphatic carbocycles. The largest absolute Gasteiger partial charge is 0.339 e. The van der Waals surface area contributed by atoms with Gasteiger partial charge in [-0.25, -0.2) is 4.98 Å². The van der Waals surface area contributed by atoms with Gasteiger partial charge in [-0.15, -0.1) is 34.9 Å². The summed E-state index contributed by atoms with van der Waals surface area (Å²) in [6.45, 7) is 2.19. The summed E-state index contributed by atoms with van der Waals surface area (Å²) in [7, 11) is 0. The molecular formula is C43H32N2O2S3. The molecule has 2 heterocycles. The smallest absolute Gasteiger partial charge is 0.221 e. The van der Waals surface area contributed by atoms with Crippen molar-refractivity contribution in [1.29, 1.82) is 0 Å². The minimum absolute atomic E-state index is 0.0489. The van der Waals surface area contributed by atoms with E-state index in [2.05, 4.69) is 101 Å². The van der Waals surface area contributed by atoms with Crippen LogP contribution in [0.4, 0.5) is 0 Å². The molecule has 0 N–H and O–H groups in total. The maximum Gasteiger partial charge on any atom is 0.221 e. The van der Waals surface area contributed by atoms with Crippen LogP contribution in [0.25, 0.3) is 31.9 Å². The topological polar surface area (TPSA) is 52.0 Å². The molecule has 2 aromatic heterocycles. The van der Waals surface area contributed by atoms with Gasteiger partial charge in [0.15, 0.2) is 10.8 Å². The van der Waals surface area contributed by atoms with E-state index >= 15 is 0 Å². The molecule has 0 aliphatic heterocycles. The molecule has 0 amide bonds. The van der Waals surface area contributed by atoms with Crippen molar-refractivity contribution in [3.63, 3.8) is 0 Å². The van der Waals surface area contributed by atoms with Gasteiger partial charge in [0.1, 0.15) is 0 Å². The van der Waals surface area contributed by atoms with Crippen LogP contribution >= 0.6 is 34.9 Å². The number of para-hydroxylation sites is 1. The molecule has 244 valence electrons. The van der Waals surface area contributed by atoms with Crippen LogP contribution in [0.5, 0.6) is 0 Å². The van der Waals surface area contributed by atoms with Crippen LogP contribution in [0, 0.1) is 0 Å². The Morgan fingerprint density at radius 2 is 1.40 bits per heavy atom. The zero-order valence-electron chi connectivity index (χ0n) is 27.3. The van der Waals surface area contributed by atoms with Crippen LogP contribution < -0.4 is 0 Å². The van der Waals surface area contributed by atoms with Crippen molar-refractivity contribution in [1.82, 2.24) is 9.55 Å². The Kier molecular flexibility index (Phi) is 9.11. The Balaban J connectivity index is 1.17. The summed E-state index contributed by atoms with van der Waals surface area (Å²) >= 11 is 4.94. The molecule has 4 nitrogen and oxygen atoms in total. The Bertz CT molecular complexity index is 2500. The number of aromatic nitrogens is 2. The van der Waals surface area contributed by atoms with Crippen molar-refractivity contribution >= 4 is 78.3 Å². The monoisotopic (exact) mass is 704 g/mol. The van der Waals surface area contributed by atoms with E-state index in [1.165, 1.54) is 27.7 Å². The summed E-state index contributed by atoms with van der Waals surface area (Å²) in [4.78, 5) is 34.0. The fraction of sp³-hybridized carbons (Fsp3) is 0.0930. The van der Waals surface area contributed by atoms with Gasteiger partial charge in [0.25, 0.3) is 0 Å². The van der Waals surface area contributed by atoms with Crippen LogP contribution in [0.3, 0.4) is 0 Å². The van der Waals surface area contributed by atoms with Crippen molar-refractivity contribution < 1.29 is 9.59 Å².